The fraction of sp³-hybridized carbons (Fsp3) is 0.458. The summed E-state index contributed by atoms with van der Waals surface area (Å²) in [6, 6.07) is 14.1. The van der Waals surface area contributed by atoms with Gasteiger partial charge in [-0.2, -0.15) is 0 Å². The van der Waals surface area contributed by atoms with Crippen molar-refractivity contribution in [3.8, 4) is 17.2 Å². The lowest BCUT2D eigenvalue weighted by atomic mass is 10.0. The standard InChI is InChI=1S/C24H30N2O4/c1-17(19-7-3-4-9-21(19)28-2)25-24(27)16-26-12-5-8-20(26)18-10-11-22-23(15-18)30-14-6-13-29-22/h3-4,7,9-11,15,17,20H,5-6,8,12-14,16H2,1-2H3,(H,25,27)/t17-,20+/m1/s1. The van der Waals surface area contributed by atoms with Crippen molar-refractivity contribution in [2.24, 2.45) is 0 Å². The molecule has 2 heterocycles. The van der Waals surface area contributed by atoms with Gasteiger partial charge < -0.3 is 19.5 Å². The SMILES string of the molecule is COc1ccccc1[C@@H](C)NC(=O)CN1CCC[C@H]1c1ccc2c(c1)OCCCO2. The maximum atomic E-state index is 12.8. The van der Waals surface area contributed by atoms with Crippen LogP contribution in [0.5, 0.6) is 17.2 Å². The van der Waals surface area contributed by atoms with E-state index >= 15 is 0 Å². The van der Waals surface area contributed by atoms with Gasteiger partial charge in [0.2, 0.25) is 5.91 Å². The van der Waals surface area contributed by atoms with Crippen LogP contribution < -0.4 is 19.5 Å². The molecule has 2 aromatic rings. The van der Waals surface area contributed by atoms with Gasteiger partial charge >= 0.3 is 0 Å². The van der Waals surface area contributed by atoms with Gasteiger partial charge in [-0.3, -0.25) is 9.69 Å². The monoisotopic (exact) mass is 410 g/mol. The van der Waals surface area contributed by atoms with Crippen molar-refractivity contribution in [1.29, 1.82) is 0 Å². The molecule has 0 aromatic heterocycles. The summed E-state index contributed by atoms with van der Waals surface area (Å²) in [5, 5.41) is 3.12. The highest BCUT2D eigenvalue weighted by molar-refractivity contribution is 5.78. The Labute approximate surface area is 178 Å². The number of benzene rings is 2. The molecule has 0 bridgehead atoms. The number of rotatable bonds is 6. The number of hydrogen-bond acceptors (Lipinski definition) is 5. The zero-order valence-corrected chi connectivity index (χ0v) is 17.7. The molecule has 6 nitrogen and oxygen atoms in total. The van der Waals surface area contributed by atoms with E-state index in [0.29, 0.717) is 19.8 Å². The molecular weight excluding hydrogens is 380 g/mol. The second-order valence-electron chi connectivity index (χ2n) is 7.92. The van der Waals surface area contributed by atoms with Crippen LogP contribution in [0.1, 0.15) is 49.4 Å². The summed E-state index contributed by atoms with van der Waals surface area (Å²) in [5.41, 5.74) is 2.16. The van der Waals surface area contributed by atoms with E-state index in [2.05, 4.69) is 22.3 Å². The summed E-state index contributed by atoms with van der Waals surface area (Å²) in [7, 11) is 1.65. The third-order valence-corrected chi connectivity index (χ3v) is 5.85. The second kappa shape index (κ2) is 9.39. The number of hydrogen-bond donors (Lipinski definition) is 1. The Balaban J connectivity index is 1.41. The first-order valence-corrected chi connectivity index (χ1v) is 10.7. The summed E-state index contributed by atoms with van der Waals surface area (Å²) in [6.07, 6.45) is 3.01. The number of methoxy groups -OCH3 is 1. The van der Waals surface area contributed by atoms with Gasteiger partial charge in [0.05, 0.1) is 32.9 Å². The Morgan fingerprint density at radius 2 is 1.97 bits per heavy atom. The number of carbonyl (C=O) groups is 1. The topological polar surface area (TPSA) is 60.0 Å². The van der Waals surface area contributed by atoms with Gasteiger partial charge in [0, 0.05) is 18.0 Å². The van der Waals surface area contributed by atoms with E-state index in [1.165, 1.54) is 5.56 Å². The van der Waals surface area contributed by atoms with Gasteiger partial charge in [-0.15, -0.1) is 0 Å². The predicted octanol–water partition coefficient (Wildman–Crippen LogP) is 3.87. The number of carbonyl (C=O) groups excluding carboxylic acids is 1. The first kappa shape index (κ1) is 20.5. The number of amides is 1. The van der Waals surface area contributed by atoms with Gasteiger partial charge in [-0.25, -0.2) is 0 Å². The van der Waals surface area contributed by atoms with Crippen LogP contribution in [0.15, 0.2) is 42.5 Å². The van der Waals surface area contributed by atoms with Crippen LogP contribution in [0.3, 0.4) is 0 Å². The quantitative estimate of drug-likeness (QED) is 0.783. The fourth-order valence-electron chi connectivity index (χ4n) is 4.35. The van der Waals surface area contributed by atoms with E-state index < -0.39 is 0 Å². The fourth-order valence-corrected chi connectivity index (χ4v) is 4.35. The minimum absolute atomic E-state index is 0.0228. The van der Waals surface area contributed by atoms with Crippen molar-refractivity contribution >= 4 is 5.91 Å². The molecule has 6 heteroatoms. The first-order valence-electron chi connectivity index (χ1n) is 10.7. The van der Waals surface area contributed by atoms with Crippen LogP contribution in [0, 0.1) is 0 Å². The maximum absolute atomic E-state index is 12.8. The maximum Gasteiger partial charge on any atom is 0.234 e. The van der Waals surface area contributed by atoms with E-state index in [0.717, 1.165) is 48.6 Å². The first-order chi connectivity index (χ1) is 14.7. The van der Waals surface area contributed by atoms with Crippen LogP contribution >= 0.6 is 0 Å². The molecule has 30 heavy (non-hydrogen) atoms. The molecule has 0 unspecified atom stereocenters. The molecule has 2 aromatic carbocycles. The van der Waals surface area contributed by atoms with Crippen molar-refractivity contribution in [3.05, 3.63) is 53.6 Å². The van der Waals surface area contributed by atoms with Gasteiger partial charge in [-0.1, -0.05) is 24.3 Å². The lowest BCUT2D eigenvalue weighted by molar-refractivity contribution is -0.123. The van der Waals surface area contributed by atoms with Gasteiger partial charge in [-0.05, 0) is 50.1 Å². The Hall–Kier alpha value is -2.73. The normalized spacial score (nSPS) is 19.7. The third-order valence-electron chi connectivity index (χ3n) is 5.85. The Morgan fingerprint density at radius 3 is 2.80 bits per heavy atom. The lowest BCUT2D eigenvalue weighted by Crippen LogP contribution is -2.38. The molecule has 0 aliphatic carbocycles. The van der Waals surface area contributed by atoms with E-state index in [9.17, 15) is 4.79 Å². The van der Waals surface area contributed by atoms with Crippen molar-refractivity contribution < 1.29 is 19.0 Å². The molecule has 2 aliphatic rings. The molecule has 4 rings (SSSR count). The lowest BCUT2D eigenvalue weighted by Gasteiger charge is -2.26. The van der Waals surface area contributed by atoms with Crippen LogP contribution in [0.25, 0.3) is 0 Å². The number of nitrogens with one attached hydrogen (secondary N) is 1. The third kappa shape index (κ3) is 4.54. The zero-order valence-electron chi connectivity index (χ0n) is 17.7. The Morgan fingerprint density at radius 1 is 1.17 bits per heavy atom. The summed E-state index contributed by atoms with van der Waals surface area (Å²) in [5.74, 6) is 2.43. The van der Waals surface area contributed by atoms with E-state index in [1.54, 1.807) is 7.11 Å². The van der Waals surface area contributed by atoms with Crippen molar-refractivity contribution in [1.82, 2.24) is 10.2 Å². The number of para-hydroxylation sites is 1. The van der Waals surface area contributed by atoms with E-state index in [-0.39, 0.29) is 18.0 Å². The second-order valence-corrected chi connectivity index (χ2v) is 7.92. The van der Waals surface area contributed by atoms with Crippen molar-refractivity contribution in [2.75, 3.05) is 33.4 Å². The number of nitrogens with zero attached hydrogens (tertiary/aromatic N) is 1. The summed E-state index contributed by atoms with van der Waals surface area (Å²) < 4.78 is 17.0. The number of likely N-dealkylation sites (tertiary alicyclic amines) is 1. The molecular formula is C24H30N2O4. The van der Waals surface area contributed by atoms with Gasteiger partial charge in [0.1, 0.15) is 5.75 Å². The molecule has 0 spiro atoms. The summed E-state index contributed by atoms with van der Waals surface area (Å²) in [4.78, 5) is 15.1. The Bertz CT molecular complexity index is 885. The molecule has 1 saturated heterocycles. The number of fused-ring (bicyclic) bond motifs is 1. The van der Waals surface area contributed by atoms with Crippen LogP contribution in [-0.4, -0.2) is 44.2 Å². The van der Waals surface area contributed by atoms with Gasteiger partial charge in [0.25, 0.3) is 0 Å². The average molecular weight is 411 g/mol. The average Bonchev–Trinajstić information content (AvgIpc) is 3.08. The predicted molar refractivity (Wildman–Crippen MR) is 115 cm³/mol. The molecule has 1 fully saturated rings. The van der Waals surface area contributed by atoms with Gasteiger partial charge in [0.15, 0.2) is 11.5 Å². The summed E-state index contributed by atoms with van der Waals surface area (Å²) in [6.45, 7) is 4.63. The summed E-state index contributed by atoms with van der Waals surface area (Å²) >= 11 is 0. The smallest absolute Gasteiger partial charge is 0.234 e. The minimum Gasteiger partial charge on any atom is -0.496 e. The molecule has 2 aliphatic heterocycles. The zero-order chi connectivity index (χ0) is 20.9. The molecule has 160 valence electrons. The van der Waals surface area contributed by atoms with Crippen molar-refractivity contribution in [3.63, 3.8) is 0 Å². The highest BCUT2D eigenvalue weighted by atomic mass is 16.5. The number of ether oxygens (including phenoxy) is 3. The molecule has 0 radical (unpaired) electrons. The highest BCUT2D eigenvalue weighted by Crippen LogP contribution is 2.37. The van der Waals surface area contributed by atoms with Crippen molar-refractivity contribution in [2.45, 2.75) is 38.3 Å². The molecule has 0 saturated carbocycles. The molecule has 1 amide bonds. The minimum atomic E-state index is -0.118. The largest absolute Gasteiger partial charge is 0.496 e. The van der Waals surface area contributed by atoms with Crippen LogP contribution in [-0.2, 0) is 4.79 Å². The molecule has 2 atom stereocenters. The van der Waals surface area contributed by atoms with Crippen LogP contribution in [0.4, 0.5) is 0 Å². The van der Waals surface area contributed by atoms with Crippen LogP contribution in [0.2, 0.25) is 0 Å². The molecule has 1 N–H and O–H groups in total. The Kier molecular flexibility index (Phi) is 6.43. The van der Waals surface area contributed by atoms with E-state index in [4.69, 9.17) is 14.2 Å². The highest BCUT2D eigenvalue weighted by Gasteiger charge is 2.29. The van der Waals surface area contributed by atoms with E-state index in [1.807, 2.05) is 37.3 Å².